The summed E-state index contributed by atoms with van der Waals surface area (Å²) in [6.07, 6.45) is 5.34. The molecule has 5 rings (SSSR count). The molecule has 0 saturated heterocycles. The maximum atomic E-state index is 11.3. The molecule has 152 valence electrons. The van der Waals surface area contributed by atoms with Gasteiger partial charge in [-0.2, -0.15) is 4.80 Å². The number of benzene rings is 2. The molecular weight excluding hydrogens is 394 g/mol. The van der Waals surface area contributed by atoms with Crippen LogP contribution in [-0.4, -0.2) is 40.5 Å². The van der Waals surface area contributed by atoms with Gasteiger partial charge in [-0.15, -0.1) is 10.2 Å². The van der Waals surface area contributed by atoms with Crippen LogP contribution in [0.1, 0.15) is 10.4 Å². The van der Waals surface area contributed by atoms with Crippen molar-refractivity contribution >= 4 is 23.1 Å². The van der Waals surface area contributed by atoms with E-state index in [-0.39, 0.29) is 0 Å². The fourth-order valence-electron chi connectivity index (χ4n) is 3.26. The number of carbonyl (C=O) groups excluding carboxylic acids is 1. The smallest absolute Gasteiger partial charge is 0.248 e. The second kappa shape index (κ2) is 7.34. The molecule has 3 N–H and O–H groups in total. The van der Waals surface area contributed by atoms with Crippen molar-refractivity contribution in [1.82, 2.24) is 34.6 Å². The molecule has 1 amide bonds. The maximum absolute atomic E-state index is 11.3. The summed E-state index contributed by atoms with van der Waals surface area (Å²) in [6.45, 7) is 0. The second-order valence-electron chi connectivity index (χ2n) is 6.86. The molecule has 0 bridgehead atoms. The predicted octanol–water partition coefficient (Wildman–Crippen LogP) is 2.43. The van der Waals surface area contributed by atoms with Crippen LogP contribution in [0.25, 0.3) is 28.3 Å². The van der Waals surface area contributed by atoms with Crippen LogP contribution in [-0.2, 0) is 7.05 Å². The van der Waals surface area contributed by atoms with Crippen molar-refractivity contribution in [2.24, 2.45) is 12.8 Å². The Morgan fingerprint density at radius 1 is 1.00 bits per heavy atom. The second-order valence-corrected chi connectivity index (χ2v) is 6.86. The van der Waals surface area contributed by atoms with Crippen molar-refractivity contribution in [3.8, 4) is 22.6 Å². The van der Waals surface area contributed by atoms with E-state index in [2.05, 4.69) is 30.7 Å². The Bertz CT molecular complexity index is 1380. The number of rotatable bonds is 5. The first-order valence-corrected chi connectivity index (χ1v) is 9.42. The number of aromatic nitrogens is 7. The molecule has 31 heavy (non-hydrogen) atoms. The molecule has 0 saturated carbocycles. The molecule has 0 aliphatic rings. The van der Waals surface area contributed by atoms with Crippen molar-refractivity contribution in [3.05, 3.63) is 72.7 Å². The monoisotopic (exact) mass is 411 g/mol. The number of hydrogen-bond donors (Lipinski definition) is 2. The average molecular weight is 411 g/mol. The van der Waals surface area contributed by atoms with Crippen LogP contribution in [0.3, 0.4) is 0 Å². The van der Waals surface area contributed by atoms with Crippen LogP contribution < -0.4 is 11.1 Å². The van der Waals surface area contributed by atoms with E-state index >= 15 is 0 Å². The number of nitrogens with zero attached hydrogens (tertiary/aromatic N) is 7. The zero-order valence-electron chi connectivity index (χ0n) is 16.5. The van der Waals surface area contributed by atoms with Gasteiger partial charge in [0.15, 0.2) is 11.5 Å². The Balaban J connectivity index is 1.44. The number of primary amides is 1. The number of amides is 1. The Kier molecular flexibility index (Phi) is 4.36. The standard InChI is InChI=1S/C21H17N9O/c1-29-27-19(26-28-29)15-6-8-16(9-7-15)25-20-21-23-10-11-30(21)17(12-24-20)13-2-4-14(5-3-13)18(22)31/h2-12H,1H3,(H2,22,31)(H,24,25). The van der Waals surface area contributed by atoms with E-state index in [9.17, 15) is 4.79 Å². The summed E-state index contributed by atoms with van der Waals surface area (Å²) in [6, 6.07) is 14.7. The minimum atomic E-state index is -0.460. The summed E-state index contributed by atoms with van der Waals surface area (Å²) in [7, 11) is 1.73. The number of nitrogens with two attached hydrogens (primary N) is 1. The number of fused-ring (bicyclic) bond motifs is 1. The van der Waals surface area contributed by atoms with Crippen molar-refractivity contribution in [1.29, 1.82) is 0 Å². The lowest BCUT2D eigenvalue weighted by Crippen LogP contribution is -2.10. The number of tetrazole rings is 1. The molecule has 3 heterocycles. The molecule has 0 atom stereocenters. The molecule has 0 fully saturated rings. The van der Waals surface area contributed by atoms with Crippen LogP contribution in [0.4, 0.5) is 11.5 Å². The van der Waals surface area contributed by atoms with Gasteiger partial charge in [0.25, 0.3) is 0 Å². The van der Waals surface area contributed by atoms with Crippen LogP contribution in [0.15, 0.2) is 67.1 Å². The van der Waals surface area contributed by atoms with Crippen LogP contribution in [0.5, 0.6) is 0 Å². The molecule has 3 aromatic heterocycles. The topological polar surface area (TPSA) is 129 Å². The van der Waals surface area contributed by atoms with E-state index < -0.39 is 5.91 Å². The highest BCUT2D eigenvalue weighted by Gasteiger charge is 2.12. The van der Waals surface area contributed by atoms with Crippen LogP contribution in [0.2, 0.25) is 0 Å². The van der Waals surface area contributed by atoms with Gasteiger partial charge < -0.3 is 11.1 Å². The molecule has 10 heteroatoms. The van der Waals surface area contributed by atoms with E-state index in [0.717, 1.165) is 22.5 Å². The lowest BCUT2D eigenvalue weighted by atomic mass is 10.1. The number of nitrogens with one attached hydrogen (secondary N) is 1. The average Bonchev–Trinajstić information content (AvgIpc) is 3.44. The zero-order valence-corrected chi connectivity index (χ0v) is 16.5. The lowest BCUT2D eigenvalue weighted by molar-refractivity contribution is 0.100. The van der Waals surface area contributed by atoms with Crippen molar-refractivity contribution in [2.45, 2.75) is 0 Å². The first-order chi connectivity index (χ1) is 15.1. The molecule has 0 spiro atoms. The van der Waals surface area contributed by atoms with E-state index in [1.54, 1.807) is 31.6 Å². The summed E-state index contributed by atoms with van der Waals surface area (Å²) in [5, 5.41) is 15.4. The van der Waals surface area contributed by atoms with Crippen molar-refractivity contribution in [2.75, 3.05) is 5.32 Å². The molecule has 0 aliphatic carbocycles. The minimum absolute atomic E-state index is 0.456. The Hall–Kier alpha value is -4.60. The van der Waals surface area contributed by atoms with Crippen molar-refractivity contribution < 1.29 is 4.79 Å². The van der Waals surface area contributed by atoms with Gasteiger partial charge in [-0.25, -0.2) is 9.97 Å². The molecular formula is C21H17N9O. The maximum Gasteiger partial charge on any atom is 0.248 e. The van der Waals surface area contributed by atoms with E-state index in [1.165, 1.54) is 4.80 Å². The lowest BCUT2D eigenvalue weighted by Gasteiger charge is -2.11. The zero-order chi connectivity index (χ0) is 21.4. The third-order valence-electron chi connectivity index (χ3n) is 4.81. The van der Waals surface area contributed by atoms with Crippen LogP contribution >= 0.6 is 0 Å². The Morgan fingerprint density at radius 2 is 1.74 bits per heavy atom. The Labute approximate surface area is 176 Å². The summed E-state index contributed by atoms with van der Waals surface area (Å²) in [5.74, 6) is 0.723. The Morgan fingerprint density at radius 3 is 2.42 bits per heavy atom. The normalized spacial score (nSPS) is 11.0. The molecule has 0 aliphatic heterocycles. The highest BCUT2D eigenvalue weighted by molar-refractivity contribution is 5.93. The molecule has 5 aromatic rings. The number of anilines is 2. The number of carbonyl (C=O) groups is 1. The van der Waals surface area contributed by atoms with Gasteiger partial charge >= 0.3 is 0 Å². The quantitative estimate of drug-likeness (QED) is 0.454. The SMILES string of the molecule is Cn1nnc(-c2ccc(Nc3ncc(-c4ccc(C(N)=O)cc4)n4ccnc34)cc2)n1. The van der Waals surface area contributed by atoms with Gasteiger partial charge in [0, 0.05) is 34.8 Å². The first-order valence-electron chi connectivity index (χ1n) is 9.42. The molecule has 2 aromatic carbocycles. The van der Waals surface area contributed by atoms with Gasteiger partial charge in [0.05, 0.1) is 18.9 Å². The third-order valence-corrected chi connectivity index (χ3v) is 4.81. The largest absolute Gasteiger partial charge is 0.366 e. The minimum Gasteiger partial charge on any atom is -0.366 e. The summed E-state index contributed by atoms with van der Waals surface area (Å²) < 4.78 is 1.94. The van der Waals surface area contributed by atoms with Crippen LogP contribution in [0, 0.1) is 0 Å². The van der Waals surface area contributed by atoms with Crippen molar-refractivity contribution in [3.63, 3.8) is 0 Å². The van der Waals surface area contributed by atoms with Gasteiger partial charge in [0.2, 0.25) is 11.7 Å². The summed E-state index contributed by atoms with van der Waals surface area (Å²) >= 11 is 0. The van der Waals surface area contributed by atoms with Gasteiger partial charge in [-0.3, -0.25) is 9.20 Å². The summed E-state index contributed by atoms with van der Waals surface area (Å²) in [5.41, 5.74) is 9.92. The van der Waals surface area contributed by atoms with E-state index in [4.69, 9.17) is 5.73 Å². The highest BCUT2D eigenvalue weighted by Crippen LogP contribution is 2.26. The first kappa shape index (κ1) is 18.4. The molecule has 10 nitrogen and oxygen atoms in total. The number of aryl methyl sites for hydroxylation is 1. The molecule has 0 unspecified atom stereocenters. The van der Waals surface area contributed by atoms with E-state index in [0.29, 0.717) is 22.9 Å². The summed E-state index contributed by atoms with van der Waals surface area (Å²) in [4.78, 5) is 21.8. The number of imidazole rings is 1. The molecule has 0 radical (unpaired) electrons. The predicted molar refractivity (Wildman–Crippen MR) is 114 cm³/mol. The van der Waals surface area contributed by atoms with Gasteiger partial charge in [-0.05, 0) is 41.6 Å². The fraction of sp³-hybridized carbons (Fsp3) is 0.0476. The fourth-order valence-corrected chi connectivity index (χ4v) is 3.26. The third kappa shape index (κ3) is 3.46. The highest BCUT2D eigenvalue weighted by atomic mass is 16.1. The van der Waals surface area contributed by atoms with Gasteiger partial charge in [0.1, 0.15) is 0 Å². The van der Waals surface area contributed by atoms with E-state index in [1.807, 2.05) is 47.0 Å². The number of hydrogen-bond acceptors (Lipinski definition) is 7. The van der Waals surface area contributed by atoms with Gasteiger partial charge in [-0.1, -0.05) is 12.1 Å².